The van der Waals surface area contributed by atoms with Crippen molar-refractivity contribution in [1.82, 2.24) is 0 Å². The van der Waals surface area contributed by atoms with Gasteiger partial charge in [0.1, 0.15) is 0 Å². The van der Waals surface area contributed by atoms with E-state index in [4.69, 9.17) is 5.73 Å². The zero-order valence-corrected chi connectivity index (χ0v) is 9.29. The molecular formula is C13H17NO. The lowest BCUT2D eigenvalue weighted by Crippen LogP contribution is -2.41. The van der Waals surface area contributed by atoms with Crippen LogP contribution in [0.3, 0.4) is 0 Å². The minimum absolute atomic E-state index is 0.00111. The molecule has 0 radical (unpaired) electrons. The summed E-state index contributed by atoms with van der Waals surface area (Å²) < 4.78 is 0. The first-order valence-electron chi connectivity index (χ1n) is 4.96. The molecule has 0 bridgehead atoms. The molecule has 0 amide bonds. The molecule has 0 spiro atoms. The number of carbonyl (C=O) groups is 1. The van der Waals surface area contributed by atoms with E-state index in [0.717, 1.165) is 11.1 Å². The molecule has 1 atom stereocenters. The topological polar surface area (TPSA) is 43.1 Å². The van der Waals surface area contributed by atoms with E-state index in [1.54, 1.807) is 6.92 Å². The van der Waals surface area contributed by atoms with Gasteiger partial charge in [0.2, 0.25) is 0 Å². The molecule has 2 nitrogen and oxygen atoms in total. The highest BCUT2D eigenvalue weighted by atomic mass is 16.1. The van der Waals surface area contributed by atoms with Gasteiger partial charge in [0.25, 0.3) is 0 Å². The zero-order chi connectivity index (χ0) is 11.5. The number of hydrogen-bond acceptors (Lipinski definition) is 2. The van der Waals surface area contributed by atoms with Crippen LogP contribution in [0.4, 0.5) is 0 Å². The van der Waals surface area contributed by atoms with Gasteiger partial charge in [-0.2, -0.15) is 0 Å². The standard InChI is InChI=1S/C13H17NO/c1-10(2)9-12(15)13(3,14)11-7-5-4-6-8-11/h4-8H,1,9,14H2,2-3H3. The summed E-state index contributed by atoms with van der Waals surface area (Å²) >= 11 is 0. The maximum Gasteiger partial charge on any atom is 0.160 e. The van der Waals surface area contributed by atoms with Crippen LogP contribution >= 0.6 is 0 Å². The van der Waals surface area contributed by atoms with Gasteiger partial charge in [0.05, 0.1) is 5.54 Å². The second-order valence-electron chi connectivity index (χ2n) is 4.13. The van der Waals surface area contributed by atoms with Crippen LogP contribution in [0.2, 0.25) is 0 Å². The molecule has 0 aliphatic heterocycles. The number of allylic oxidation sites excluding steroid dienone is 1. The van der Waals surface area contributed by atoms with Crippen LogP contribution < -0.4 is 5.73 Å². The summed E-state index contributed by atoms with van der Waals surface area (Å²) in [4.78, 5) is 11.9. The molecule has 0 fully saturated rings. The van der Waals surface area contributed by atoms with Crippen molar-refractivity contribution < 1.29 is 4.79 Å². The average molecular weight is 203 g/mol. The molecular weight excluding hydrogens is 186 g/mol. The largest absolute Gasteiger partial charge is 0.315 e. The lowest BCUT2D eigenvalue weighted by atomic mass is 9.86. The molecule has 1 aromatic rings. The Morgan fingerprint density at radius 3 is 2.40 bits per heavy atom. The Morgan fingerprint density at radius 2 is 1.93 bits per heavy atom. The van der Waals surface area contributed by atoms with Crippen molar-refractivity contribution in [1.29, 1.82) is 0 Å². The molecule has 0 aliphatic carbocycles. The van der Waals surface area contributed by atoms with E-state index in [1.807, 2.05) is 37.3 Å². The second kappa shape index (κ2) is 4.41. The normalized spacial score (nSPS) is 14.3. The molecule has 0 saturated heterocycles. The van der Waals surface area contributed by atoms with E-state index in [2.05, 4.69) is 6.58 Å². The van der Waals surface area contributed by atoms with Gasteiger partial charge in [-0.15, -0.1) is 0 Å². The van der Waals surface area contributed by atoms with Crippen LogP contribution in [0.1, 0.15) is 25.8 Å². The van der Waals surface area contributed by atoms with E-state index >= 15 is 0 Å². The first kappa shape index (κ1) is 11.7. The smallest absolute Gasteiger partial charge is 0.160 e. The van der Waals surface area contributed by atoms with Crippen LogP contribution in [-0.2, 0) is 10.3 Å². The Labute approximate surface area is 90.8 Å². The Bertz CT molecular complexity index is 365. The summed E-state index contributed by atoms with van der Waals surface area (Å²) in [5.41, 5.74) is 6.81. The molecule has 1 aromatic carbocycles. The fourth-order valence-corrected chi connectivity index (χ4v) is 1.40. The van der Waals surface area contributed by atoms with Gasteiger partial charge in [-0.05, 0) is 19.4 Å². The third-order valence-corrected chi connectivity index (χ3v) is 2.42. The molecule has 2 heteroatoms. The van der Waals surface area contributed by atoms with E-state index in [1.165, 1.54) is 0 Å². The Kier molecular flexibility index (Phi) is 3.43. The average Bonchev–Trinajstić information content (AvgIpc) is 2.18. The summed E-state index contributed by atoms with van der Waals surface area (Å²) in [7, 11) is 0. The van der Waals surface area contributed by atoms with Crippen molar-refractivity contribution in [2.24, 2.45) is 5.73 Å². The van der Waals surface area contributed by atoms with Gasteiger partial charge < -0.3 is 5.73 Å². The van der Waals surface area contributed by atoms with Crippen LogP contribution in [0, 0.1) is 0 Å². The highest BCUT2D eigenvalue weighted by Crippen LogP contribution is 2.21. The van der Waals surface area contributed by atoms with Crippen LogP contribution in [-0.4, -0.2) is 5.78 Å². The monoisotopic (exact) mass is 203 g/mol. The molecule has 0 saturated carbocycles. The quantitative estimate of drug-likeness (QED) is 0.763. The summed E-state index contributed by atoms with van der Waals surface area (Å²) in [5, 5.41) is 0. The third kappa shape index (κ3) is 2.77. The lowest BCUT2D eigenvalue weighted by Gasteiger charge is -2.23. The number of rotatable bonds is 4. The third-order valence-electron chi connectivity index (χ3n) is 2.42. The summed E-state index contributed by atoms with van der Waals surface area (Å²) in [6.07, 6.45) is 0.335. The van der Waals surface area contributed by atoms with Crippen LogP contribution in [0.15, 0.2) is 42.5 Å². The van der Waals surface area contributed by atoms with Gasteiger partial charge in [0, 0.05) is 6.42 Å². The van der Waals surface area contributed by atoms with Gasteiger partial charge in [0.15, 0.2) is 5.78 Å². The molecule has 0 aliphatic rings. The SMILES string of the molecule is C=C(C)CC(=O)C(C)(N)c1ccccc1. The zero-order valence-electron chi connectivity index (χ0n) is 9.29. The number of benzene rings is 1. The van der Waals surface area contributed by atoms with Gasteiger partial charge in [-0.1, -0.05) is 42.5 Å². The van der Waals surface area contributed by atoms with E-state index in [0.29, 0.717) is 6.42 Å². The molecule has 1 unspecified atom stereocenters. The Balaban J connectivity index is 2.92. The summed E-state index contributed by atoms with van der Waals surface area (Å²) in [6.45, 7) is 7.30. The van der Waals surface area contributed by atoms with Gasteiger partial charge >= 0.3 is 0 Å². The van der Waals surface area contributed by atoms with E-state index in [-0.39, 0.29) is 5.78 Å². The van der Waals surface area contributed by atoms with Crippen molar-refractivity contribution in [3.8, 4) is 0 Å². The number of ketones is 1. The predicted molar refractivity (Wildman–Crippen MR) is 62.4 cm³/mol. The lowest BCUT2D eigenvalue weighted by molar-refractivity contribution is -0.123. The minimum Gasteiger partial charge on any atom is -0.315 e. The molecule has 0 aromatic heterocycles. The summed E-state index contributed by atoms with van der Waals surface area (Å²) in [6, 6.07) is 9.42. The van der Waals surface area contributed by atoms with Crippen molar-refractivity contribution in [2.45, 2.75) is 25.8 Å². The maximum absolute atomic E-state index is 11.9. The molecule has 0 heterocycles. The molecule has 1 rings (SSSR count). The Hall–Kier alpha value is -1.41. The van der Waals surface area contributed by atoms with Crippen LogP contribution in [0.5, 0.6) is 0 Å². The number of Topliss-reactive ketones (excluding diaryl/α,β-unsaturated/α-hetero) is 1. The highest BCUT2D eigenvalue weighted by Gasteiger charge is 2.29. The predicted octanol–water partition coefficient (Wildman–Crippen LogP) is 2.40. The second-order valence-corrected chi connectivity index (χ2v) is 4.13. The molecule has 2 N–H and O–H groups in total. The fraction of sp³-hybridized carbons (Fsp3) is 0.308. The first-order chi connectivity index (χ1) is 6.94. The van der Waals surface area contributed by atoms with Gasteiger partial charge in [-0.25, -0.2) is 0 Å². The fourth-order valence-electron chi connectivity index (χ4n) is 1.40. The number of nitrogens with two attached hydrogens (primary N) is 1. The molecule has 15 heavy (non-hydrogen) atoms. The van der Waals surface area contributed by atoms with E-state index in [9.17, 15) is 4.79 Å². The van der Waals surface area contributed by atoms with Crippen molar-refractivity contribution in [3.05, 3.63) is 48.0 Å². The summed E-state index contributed by atoms with van der Waals surface area (Å²) in [5.74, 6) is 0.00111. The molecule has 80 valence electrons. The van der Waals surface area contributed by atoms with Crippen molar-refractivity contribution in [2.75, 3.05) is 0 Å². The van der Waals surface area contributed by atoms with Crippen molar-refractivity contribution in [3.63, 3.8) is 0 Å². The minimum atomic E-state index is -0.916. The number of hydrogen-bond donors (Lipinski definition) is 1. The van der Waals surface area contributed by atoms with Gasteiger partial charge in [-0.3, -0.25) is 4.79 Å². The number of carbonyl (C=O) groups excluding carboxylic acids is 1. The van der Waals surface area contributed by atoms with E-state index < -0.39 is 5.54 Å². The maximum atomic E-state index is 11.9. The Morgan fingerprint density at radius 1 is 1.40 bits per heavy atom. The first-order valence-corrected chi connectivity index (χ1v) is 4.96. The van der Waals surface area contributed by atoms with Crippen LogP contribution in [0.25, 0.3) is 0 Å². The van der Waals surface area contributed by atoms with Crippen molar-refractivity contribution >= 4 is 5.78 Å². The highest BCUT2D eigenvalue weighted by molar-refractivity contribution is 5.90.